The van der Waals surface area contributed by atoms with Gasteiger partial charge in [0.05, 0.1) is 23.8 Å². The van der Waals surface area contributed by atoms with E-state index in [0.717, 1.165) is 0 Å². The SMILES string of the molecule is COCCONC(=O)c1ccc(Cl)cc1Cl. The van der Waals surface area contributed by atoms with E-state index in [1.807, 2.05) is 0 Å². The molecule has 16 heavy (non-hydrogen) atoms. The van der Waals surface area contributed by atoms with Gasteiger partial charge in [-0.25, -0.2) is 5.48 Å². The predicted molar refractivity (Wildman–Crippen MR) is 61.8 cm³/mol. The third-order valence-corrected chi connectivity index (χ3v) is 2.28. The molecule has 0 fully saturated rings. The van der Waals surface area contributed by atoms with Gasteiger partial charge in [0.2, 0.25) is 0 Å². The summed E-state index contributed by atoms with van der Waals surface area (Å²) in [6.07, 6.45) is 0. The normalized spacial score (nSPS) is 10.2. The molecule has 1 aromatic rings. The molecular formula is C10H11Cl2NO3. The summed E-state index contributed by atoms with van der Waals surface area (Å²) < 4.78 is 4.75. The van der Waals surface area contributed by atoms with Gasteiger partial charge in [0.1, 0.15) is 0 Å². The van der Waals surface area contributed by atoms with E-state index in [-0.39, 0.29) is 11.6 Å². The van der Waals surface area contributed by atoms with Gasteiger partial charge in [0.25, 0.3) is 5.91 Å². The molecule has 0 aliphatic heterocycles. The van der Waals surface area contributed by atoms with Crippen LogP contribution in [0.3, 0.4) is 0 Å². The second kappa shape index (κ2) is 6.70. The van der Waals surface area contributed by atoms with E-state index >= 15 is 0 Å². The van der Waals surface area contributed by atoms with E-state index in [1.165, 1.54) is 12.1 Å². The summed E-state index contributed by atoms with van der Waals surface area (Å²) >= 11 is 11.5. The summed E-state index contributed by atoms with van der Waals surface area (Å²) in [6.45, 7) is 0.669. The average Bonchev–Trinajstić information content (AvgIpc) is 2.24. The fraction of sp³-hybridized carbons (Fsp3) is 0.300. The van der Waals surface area contributed by atoms with Crippen LogP contribution in [0.15, 0.2) is 18.2 Å². The van der Waals surface area contributed by atoms with Crippen LogP contribution in [-0.4, -0.2) is 26.2 Å². The molecule has 1 amide bonds. The van der Waals surface area contributed by atoms with Gasteiger partial charge in [-0.3, -0.25) is 9.63 Å². The maximum Gasteiger partial charge on any atom is 0.276 e. The van der Waals surface area contributed by atoms with Crippen molar-refractivity contribution in [3.8, 4) is 0 Å². The first-order valence-corrected chi connectivity index (χ1v) is 5.27. The molecule has 0 saturated heterocycles. The molecule has 1 N–H and O–H groups in total. The lowest BCUT2D eigenvalue weighted by Crippen LogP contribution is -2.25. The molecule has 0 spiro atoms. The van der Waals surface area contributed by atoms with E-state index < -0.39 is 5.91 Å². The lowest BCUT2D eigenvalue weighted by molar-refractivity contribution is 0.00890. The third-order valence-electron chi connectivity index (χ3n) is 1.73. The Kier molecular flexibility index (Phi) is 5.55. The van der Waals surface area contributed by atoms with Gasteiger partial charge < -0.3 is 4.74 Å². The molecule has 88 valence electrons. The van der Waals surface area contributed by atoms with Crippen molar-refractivity contribution in [3.05, 3.63) is 33.8 Å². The zero-order valence-electron chi connectivity index (χ0n) is 8.63. The smallest absolute Gasteiger partial charge is 0.276 e. The standard InChI is InChI=1S/C10H11Cl2NO3/c1-15-4-5-16-13-10(14)8-3-2-7(11)6-9(8)12/h2-3,6H,4-5H2,1H3,(H,13,14). The highest BCUT2D eigenvalue weighted by Gasteiger charge is 2.10. The lowest BCUT2D eigenvalue weighted by Gasteiger charge is -2.06. The largest absolute Gasteiger partial charge is 0.382 e. The number of halogens is 2. The fourth-order valence-corrected chi connectivity index (χ4v) is 1.46. The Hall–Kier alpha value is -0.810. The Bertz CT molecular complexity index is 371. The number of hydroxylamine groups is 1. The van der Waals surface area contributed by atoms with Gasteiger partial charge in [-0.05, 0) is 18.2 Å². The Labute approximate surface area is 103 Å². The van der Waals surface area contributed by atoms with Gasteiger partial charge in [-0.2, -0.15) is 0 Å². The highest BCUT2D eigenvalue weighted by molar-refractivity contribution is 6.36. The molecule has 1 rings (SSSR count). The maximum absolute atomic E-state index is 11.5. The minimum Gasteiger partial charge on any atom is -0.382 e. The zero-order chi connectivity index (χ0) is 12.0. The van der Waals surface area contributed by atoms with Crippen LogP contribution in [0.5, 0.6) is 0 Å². The monoisotopic (exact) mass is 263 g/mol. The zero-order valence-corrected chi connectivity index (χ0v) is 10.1. The van der Waals surface area contributed by atoms with Crippen LogP contribution in [-0.2, 0) is 9.57 Å². The summed E-state index contributed by atoms with van der Waals surface area (Å²) in [5, 5.41) is 0.752. The van der Waals surface area contributed by atoms with E-state index in [0.29, 0.717) is 17.2 Å². The van der Waals surface area contributed by atoms with Crippen LogP contribution in [0.4, 0.5) is 0 Å². The Morgan fingerprint density at radius 1 is 1.38 bits per heavy atom. The summed E-state index contributed by atoms with van der Waals surface area (Å²) in [5.74, 6) is -0.419. The van der Waals surface area contributed by atoms with Crippen molar-refractivity contribution in [1.29, 1.82) is 0 Å². The van der Waals surface area contributed by atoms with Crippen LogP contribution in [0, 0.1) is 0 Å². The molecule has 6 heteroatoms. The van der Waals surface area contributed by atoms with Crippen LogP contribution in [0.2, 0.25) is 10.0 Å². The fourth-order valence-electron chi connectivity index (χ4n) is 0.970. The summed E-state index contributed by atoms with van der Waals surface area (Å²) in [7, 11) is 1.54. The number of nitrogens with one attached hydrogen (secondary N) is 1. The number of hydrogen-bond acceptors (Lipinski definition) is 3. The van der Waals surface area contributed by atoms with Crippen molar-refractivity contribution in [2.24, 2.45) is 0 Å². The van der Waals surface area contributed by atoms with Crippen LogP contribution in [0.25, 0.3) is 0 Å². The van der Waals surface area contributed by atoms with Gasteiger partial charge in [0.15, 0.2) is 0 Å². The number of hydrogen-bond donors (Lipinski definition) is 1. The second-order valence-corrected chi connectivity index (χ2v) is 3.74. The highest BCUT2D eigenvalue weighted by Crippen LogP contribution is 2.20. The van der Waals surface area contributed by atoms with Crippen LogP contribution in [0.1, 0.15) is 10.4 Å². The van der Waals surface area contributed by atoms with Crippen LogP contribution < -0.4 is 5.48 Å². The van der Waals surface area contributed by atoms with Gasteiger partial charge in [-0.15, -0.1) is 0 Å². The molecule has 0 bridgehead atoms. The molecule has 0 unspecified atom stereocenters. The Morgan fingerprint density at radius 2 is 2.12 bits per heavy atom. The number of methoxy groups -OCH3 is 1. The van der Waals surface area contributed by atoms with Gasteiger partial charge >= 0.3 is 0 Å². The third kappa shape index (κ3) is 3.98. The predicted octanol–water partition coefficient (Wildman–Crippen LogP) is 2.30. The quantitative estimate of drug-likeness (QED) is 0.655. The van der Waals surface area contributed by atoms with Gasteiger partial charge in [-0.1, -0.05) is 23.2 Å². The number of carbonyl (C=O) groups is 1. The lowest BCUT2D eigenvalue weighted by atomic mass is 10.2. The van der Waals surface area contributed by atoms with E-state index in [1.54, 1.807) is 13.2 Å². The number of carbonyl (C=O) groups excluding carboxylic acids is 1. The molecule has 0 aliphatic carbocycles. The first kappa shape index (κ1) is 13.3. The molecule has 4 nitrogen and oxygen atoms in total. The van der Waals surface area contributed by atoms with Crippen molar-refractivity contribution in [1.82, 2.24) is 5.48 Å². The summed E-state index contributed by atoms with van der Waals surface area (Å²) in [5.41, 5.74) is 2.56. The minimum atomic E-state index is -0.419. The second-order valence-electron chi connectivity index (χ2n) is 2.90. The molecule has 0 atom stereocenters. The summed E-state index contributed by atoms with van der Waals surface area (Å²) in [4.78, 5) is 16.4. The molecule has 0 radical (unpaired) electrons. The molecular weight excluding hydrogens is 253 g/mol. The molecule has 0 heterocycles. The first-order valence-electron chi connectivity index (χ1n) is 4.51. The Balaban J connectivity index is 2.53. The first-order chi connectivity index (χ1) is 7.65. The van der Waals surface area contributed by atoms with Gasteiger partial charge in [0, 0.05) is 12.1 Å². The van der Waals surface area contributed by atoms with Crippen molar-refractivity contribution < 1.29 is 14.4 Å². The minimum absolute atomic E-state index is 0.271. The summed E-state index contributed by atoms with van der Waals surface area (Å²) in [6, 6.07) is 4.60. The average molecular weight is 264 g/mol. The number of amides is 1. The van der Waals surface area contributed by atoms with Crippen molar-refractivity contribution in [3.63, 3.8) is 0 Å². The Morgan fingerprint density at radius 3 is 2.75 bits per heavy atom. The topological polar surface area (TPSA) is 47.6 Å². The van der Waals surface area contributed by atoms with Crippen molar-refractivity contribution in [2.45, 2.75) is 0 Å². The van der Waals surface area contributed by atoms with E-state index in [9.17, 15) is 4.79 Å². The van der Waals surface area contributed by atoms with Crippen molar-refractivity contribution >= 4 is 29.1 Å². The molecule has 1 aromatic carbocycles. The number of rotatable bonds is 5. The van der Waals surface area contributed by atoms with E-state index in [2.05, 4.69) is 5.48 Å². The highest BCUT2D eigenvalue weighted by atomic mass is 35.5. The van der Waals surface area contributed by atoms with Crippen molar-refractivity contribution in [2.75, 3.05) is 20.3 Å². The van der Waals surface area contributed by atoms with Crippen LogP contribution >= 0.6 is 23.2 Å². The van der Waals surface area contributed by atoms with E-state index in [4.69, 9.17) is 32.8 Å². The molecule has 0 aromatic heterocycles. The molecule has 0 aliphatic rings. The number of benzene rings is 1. The maximum atomic E-state index is 11.5. The number of ether oxygens (including phenoxy) is 1. The molecule has 0 saturated carbocycles.